The van der Waals surface area contributed by atoms with E-state index in [1.807, 2.05) is 0 Å². The van der Waals surface area contributed by atoms with E-state index in [1.165, 1.54) is 6.07 Å². The topological polar surface area (TPSA) is 128 Å². The summed E-state index contributed by atoms with van der Waals surface area (Å²) >= 11 is 0. The minimum Gasteiger partial charge on any atom is -0.534 e. The fraction of sp³-hybridized carbons (Fsp3) is 0.118. The van der Waals surface area contributed by atoms with E-state index in [0.29, 0.717) is 11.1 Å². The standard InChI is InChI=1S/C17H15BN2O6/c21-16(14(20-25)10-5-2-1-3-6-10)19-13-9-11-7-4-8-12(17(22)23)15(11)26-18(13)24/h1-8,13,24-25H,9H2,(H,19,21)(H,22,23)/b20-14-/t13-/m0/s1. The van der Waals surface area contributed by atoms with Gasteiger partial charge in [0, 0.05) is 5.56 Å². The molecule has 1 aliphatic heterocycles. The van der Waals surface area contributed by atoms with Crippen molar-refractivity contribution in [1.82, 2.24) is 5.32 Å². The molecule has 2 aromatic rings. The van der Waals surface area contributed by atoms with Crippen LogP contribution in [-0.4, -0.2) is 46.0 Å². The summed E-state index contributed by atoms with van der Waals surface area (Å²) < 4.78 is 5.31. The molecular formula is C17H15BN2O6. The van der Waals surface area contributed by atoms with Crippen LogP contribution in [0.25, 0.3) is 0 Å². The number of amides is 1. The molecule has 0 radical (unpaired) electrons. The highest BCUT2D eigenvalue weighted by atomic mass is 16.5. The molecule has 9 heteroatoms. The van der Waals surface area contributed by atoms with Gasteiger partial charge in [-0.1, -0.05) is 47.6 Å². The second kappa shape index (κ2) is 7.28. The van der Waals surface area contributed by atoms with Gasteiger partial charge in [-0.15, -0.1) is 0 Å². The van der Waals surface area contributed by atoms with Crippen LogP contribution in [0.5, 0.6) is 5.75 Å². The first-order valence-electron chi connectivity index (χ1n) is 7.79. The number of oxime groups is 1. The van der Waals surface area contributed by atoms with Gasteiger partial charge in [0.15, 0.2) is 5.71 Å². The Labute approximate surface area is 148 Å². The predicted octanol–water partition coefficient (Wildman–Crippen LogP) is 0.703. The minimum absolute atomic E-state index is 0.0618. The quantitative estimate of drug-likeness (QED) is 0.277. The molecule has 4 N–H and O–H groups in total. The van der Waals surface area contributed by atoms with Gasteiger partial charge in [-0.3, -0.25) is 4.79 Å². The first-order chi connectivity index (χ1) is 12.5. The third kappa shape index (κ3) is 3.38. The van der Waals surface area contributed by atoms with Gasteiger partial charge in [0.05, 0.1) is 11.5 Å². The number of carbonyl (C=O) groups excluding carboxylic acids is 1. The Kier molecular flexibility index (Phi) is 4.90. The molecule has 1 amide bonds. The summed E-state index contributed by atoms with van der Waals surface area (Å²) in [5.74, 6) is -2.61. The van der Waals surface area contributed by atoms with Crippen LogP contribution in [0.15, 0.2) is 53.7 Å². The summed E-state index contributed by atoms with van der Waals surface area (Å²) in [5.41, 5.74) is 0.686. The molecule has 0 unspecified atom stereocenters. The molecule has 26 heavy (non-hydrogen) atoms. The predicted molar refractivity (Wildman–Crippen MR) is 92.4 cm³/mol. The van der Waals surface area contributed by atoms with E-state index in [0.717, 1.165) is 0 Å². The van der Waals surface area contributed by atoms with Gasteiger partial charge >= 0.3 is 13.1 Å². The lowest BCUT2D eigenvalue weighted by atomic mass is 9.72. The van der Waals surface area contributed by atoms with Gasteiger partial charge < -0.3 is 25.3 Å². The average Bonchev–Trinajstić information content (AvgIpc) is 2.63. The van der Waals surface area contributed by atoms with Gasteiger partial charge in [0.1, 0.15) is 5.75 Å². The van der Waals surface area contributed by atoms with Crippen LogP contribution in [0, 0.1) is 0 Å². The zero-order valence-electron chi connectivity index (χ0n) is 13.5. The van der Waals surface area contributed by atoms with E-state index in [4.69, 9.17) is 9.86 Å². The monoisotopic (exact) mass is 354 g/mol. The summed E-state index contributed by atoms with van der Waals surface area (Å²) in [5, 5.41) is 34.1. The summed E-state index contributed by atoms with van der Waals surface area (Å²) in [4.78, 5) is 23.7. The second-order valence-corrected chi connectivity index (χ2v) is 5.71. The number of rotatable bonds is 4. The molecule has 3 rings (SSSR count). The van der Waals surface area contributed by atoms with Gasteiger partial charge in [0.2, 0.25) is 0 Å². The third-order valence-corrected chi connectivity index (χ3v) is 4.03. The number of hydrogen-bond acceptors (Lipinski definition) is 6. The van der Waals surface area contributed by atoms with Crippen molar-refractivity contribution in [2.75, 3.05) is 0 Å². The number of carbonyl (C=O) groups is 2. The number of carboxylic acid groups (broad SMARTS) is 1. The molecule has 0 saturated carbocycles. The zero-order valence-corrected chi connectivity index (χ0v) is 13.5. The van der Waals surface area contributed by atoms with E-state index in [1.54, 1.807) is 42.5 Å². The van der Waals surface area contributed by atoms with Crippen molar-refractivity contribution in [2.24, 2.45) is 5.16 Å². The fourth-order valence-corrected chi connectivity index (χ4v) is 2.78. The van der Waals surface area contributed by atoms with Crippen molar-refractivity contribution in [2.45, 2.75) is 12.4 Å². The number of nitrogens with zero attached hydrogens (tertiary/aromatic N) is 1. The minimum atomic E-state index is -1.44. The van der Waals surface area contributed by atoms with E-state index < -0.39 is 24.9 Å². The molecule has 0 spiro atoms. The van der Waals surface area contributed by atoms with Gasteiger partial charge in [-0.2, -0.15) is 0 Å². The van der Waals surface area contributed by atoms with Crippen molar-refractivity contribution in [1.29, 1.82) is 0 Å². The lowest BCUT2D eigenvalue weighted by molar-refractivity contribution is -0.115. The fourth-order valence-electron chi connectivity index (χ4n) is 2.78. The smallest absolute Gasteiger partial charge is 0.534 e. The lowest BCUT2D eigenvalue weighted by Gasteiger charge is -2.28. The van der Waals surface area contributed by atoms with Crippen LogP contribution >= 0.6 is 0 Å². The summed E-state index contributed by atoms with van der Waals surface area (Å²) in [6, 6.07) is 12.9. The summed E-state index contributed by atoms with van der Waals surface area (Å²) in [6.07, 6.45) is 0.164. The van der Waals surface area contributed by atoms with Gasteiger partial charge in [-0.05, 0) is 18.1 Å². The summed E-state index contributed by atoms with van der Waals surface area (Å²) in [7, 11) is -1.44. The van der Waals surface area contributed by atoms with Gasteiger partial charge in [-0.25, -0.2) is 4.79 Å². The van der Waals surface area contributed by atoms with Crippen LogP contribution in [-0.2, 0) is 11.2 Å². The number of benzene rings is 2. The Hall–Kier alpha value is -3.33. The maximum Gasteiger partial charge on any atom is 0.547 e. The van der Waals surface area contributed by atoms with E-state index in [9.17, 15) is 19.7 Å². The van der Waals surface area contributed by atoms with Crippen molar-refractivity contribution >= 4 is 24.7 Å². The van der Waals surface area contributed by atoms with Crippen LogP contribution in [0.2, 0.25) is 0 Å². The Morgan fingerprint density at radius 1 is 1.15 bits per heavy atom. The molecule has 0 fully saturated rings. The second-order valence-electron chi connectivity index (χ2n) is 5.71. The first-order valence-corrected chi connectivity index (χ1v) is 7.79. The molecule has 2 aromatic carbocycles. The average molecular weight is 354 g/mol. The Bertz CT molecular complexity index is 871. The van der Waals surface area contributed by atoms with Crippen molar-refractivity contribution in [3.8, 4) is 5.75 Å². The maximum atomic E-state index is 12.4. The number of fused-ring (bicyclic) bond motifs is 1. The first kappa shape index (κ1) is 17.5. The van der Waals surface area contributed by atoms with Gasteiger partial charge in [0.25, 0.3) is 5.91 Å². The van der Waals surface area contributed by atoms with Crippen LogP contribution in [0.3, 0.4) is 0 Å². The Morgan fingerprint density at radius 3 is 2.54 bits per heavy atom. The number of hydrogen-bond donors (Lipinski definition) is 4. The molecule has 1 aliphatic rings. The van der Waals surface area contributed by atoms with Crippen molar-refractivity contribution < 1.29 is 29.6 Å². The number of nitrogens with one attached hydrogen (secondary N) is 1. The van der Waals surface area contributed by atoms with Crippen LogP contribution in [0.4, 0.5) is 0 Å². The molecule has 0 bridgehead atoms. The number of para-hydroxylation sites is 1. The van der Waals surface area contributed by atoms with E-state index >= 15 is 0 Å². The molecular weight excluding hydrogens is 339 g/mol. The third-order valence-electron chi connectivity index (χ3n) is 4.03. The number of aromatic carboxylic acids is 1. The largest absolute Gasteiger partial charge is 0.547 e. The molecule has 1 heterocycles. The SMILES string of the molecule is O=C(N[C@H]1Cc2cccc(C(=O)O)c2OB1O)/C(=N\O)c1ccccc1. The molecule has 0 aliphatic carbocycles. The Balaban J connectivity index is 1.80. The normalized spacial score (nSPS) is 16.4. The highest BCUT2D eigenvalue weighted by Crippen LogP contribution is 2.30. The summed E-state index contributed by atoms with van der Waals surface area (Å²) in [6.45, 7) is 0. The number of carboxylic acids is 1. The van der Waals surface area contributed by atoms with E-state index in [2.05, 4.69) is 10.5 Å². The molecule has 1 atom stereocenters. The van der Waals surface area contributed by atoms with E-state index in [-0.39, 0.29) is 23.4 Å². The lowest BCUT2D eigenvalue weighted by Crippen LogP contribution is -2.54. The molecule has 0 saturated heterocycles. The maximum absolute atomic E-state index is 12.4. The molecule has 132 valence electrons. The van der Waals surface area contributed by atoms with Crippen molar-refractivity contribution in [3.05, 3.63) is 65.2 Å². The Morgan fingerprint density at radius 2 is 1.88 bits per heavy atom. The highest BCUT2D eigenvalue weighted by molar-refractivity contribution is 6.50. The highest BCUT2D eigenvalue weighted by Gasteiger charge is 2.38. The zero-order chi connectivity index (χ0) is 18.7. The van der Waals surface area contributed by atoms with Crippen LogP contribution < -0.4 is 9.97 Å². The molecule has 0 aromatic heterocycles. The van der Waals surface area contributed by atoms with Crippen molar-refractivity contribution in [3.63, 3.8) is 0 Å². The van der Waals surface area contributed by atoms with Crippen LogP contribution in [0.1, 0.15) is 21.5 Å². The molecule has 8 nitrogen and oxygen atoms in total.